The van der Waals surface area contributed by atoms with Crippen molar-refractivity contribution in [1.29, 1.82) is 0 Å². The maximum atomic E-state index is 12.6. The third-order valence-electron chi connectivity index (χ3n) is 3.80. The average molecular weight is 343 g/mol. The summed E-state index contributed by atoms with van der Waals surface area (Å²) >= 11 is 1.62. The molecular formula is C16H17N5O2S. The molecule has 3 rings (SSSR count). The minimum Gasteiger partial charge on any atom is -0.307 e. The highest BCUT2D eigenvalue weighted by molar-refractivity contribution is 7.09. The predicted octanol–water partition coefficient (Wildman–Crippen LogP) is 1.96. The molecule has 0 fully saturated rings. The Balaban J connectivity index is 1.89. The monoisotopic (exact) mass is 343 g/mol. The van der Waals surface area contributed by atoms with Crippen LogP contribution < -0.4 is 10.9 Å². The number of aryl methyl sites for hydroxylation is 2. The number of carbonyl (C=O) groups excluding carboxylic acids is 1. The zero-order chi connectivity index (χ0) is 17.3. The molecule has 0 bridgehead atoms. The Labute approximate surface area is 142 Å². The van der Waals surface area contributed by atoms with Crippen LogP contribution >= 0.6 is 11.3 Å². The van der Waals surface area contributed by atoms with Crippen LogP contribution in [0.5, 0.6) is 0 Å². The van der Waals surface area contributed by atoms with Crippen LogP contribution in [0.2, 0.25) is 0 Å². The number of aromatic nitrogens is 4. The lowest BCUT2D eigenvalue weighted by Crippen LogP contribution is -2.32. The first-order valence-corrected chi connectivity index (χ1v) is 8.25. The number of rotatable bonds is 4. The summed E-state index contributed by atoms with van der Waals surface area (Å²) in [5, 5.41) is 13.1. The molecule has 24 heavy (non-hydrogen) atoms. The SMILES string of the molecule is Cc1nn(C)c(=O)c(C(=O)Nc2ccnn2Cc2cccs2)c1C. The smallest absolute Gasteiger partial charge is 0.279 e. The zero-order valence-corrected chi connectivity index (χ0v) is 14.4. The van der Waals surface area contributed by atoms with E-state index in [2.05, 4.69) is 15.5 Å². The van der Waals surface area contributed by atoms with Gasteiger partial charge in [0.25, 0.3) is 11.5 Å². The first kappa shape index (κ1) is 16.1. The minimum atomic E-state index is -0.452. The van der Waals surface area contributed by atoms with Gasteiger partial charge in [0.05, 0.1) is 18.4 Å². The first-order chi connectivity index (χ1) is 11.5. The lowest BCUT2D eigenvalue weighted by atomic mass is 10.1. The van der Waals surface area contributed by atoms with Gasteiger partial charge in [0.15, 0.2) is 0 Å². The molecule has 0 aliphatic rings. The molecule has 7 nitrogen and oxygen atoms in total. The molecule has 0 radical (unpaired) electrons. The molecule has 0 unspecified atom stereocenters. The summed E-state index contributed by atoms with van der Waals surface area (Å²) < 4.78 is 2.87. The summed E-state index contributed by atoms with van der Waals surface area (Å²) in [7, 11) is 1.53. The molecule has 0 spiro atoms. The number of anilines is 1. The van der Waals surface area contributed by atoms with Crippen molar-refractivity contribution in [3.63, 3.8) is 0 Å². The molecule has 3 aromatic heterocycles. The predicted molar refractivity (Wildman–Crippen MR) is 92.6 cm³/mol. The van der Waals surface area contributed by atoms with Gasteiger partial charge in [-0.25, -0.2) is 9.36 Å². The second-order valence-corrected chi connectivity index (χ2v) is 6.45. The summed E-state index contributed by atoms with van der Waals surface area (Å²) in [6.07, 6.45) is 1.62. The largest absolute Gasteiger partial charge is 0.307 e. The van der Waals surface area contributed by atoms with Gasteiger partial charge in [-0.3, -0.25) is 9.59 Å². The highest BCUT2D eigenvalue weighted by Crippen LogP contribution is 2.15. The Morgan fingerprint density at radius 3 is 2.83 bits per heavy atom. The van der Waals surface area contributed by atoms with Crippen molar-refractivity contribution in [3.8, 4) is 0 Å². The Morgan fingerprint density at radius 2 is 2.12 bits per heavy atom. The van der Waals surface area contributed by atoms with E-state index in [1.165, 1.54) is 11.7 Å². The van der Waals surface area contributed by atoms with E-state index in [-0.39, 0.29) is 5.56 Å². The molecule has 0 saturated heterocycles. The van der Waals surface area contributed by atoms with Gasteiger partial charge in [0.1, 0.15) is 11.4 Å². The van der Waals surface area contributed by atoms with Crippen molar-refractivity contribution < 1.29 is 4.79 Å². The van der Waals surface area contributed by atoms with Gasteiger partial charge in [-0.1, -0.05) is 6.07 Å². The van der Waals surface area contributed by atoms with Crippen LogP contribution in [0.4, 0.5) is 5.82 Å². The molecule has 0 aliphatic carbocycles. The van der Waals surface area contributed by atoms with E-state index >= 15 is 0 Å². The molecule has 0 aromatic carbocycles. The third kappa shape index (κ3) is 3.00. The first-order valence-electron chi connectivity index (χ1n) is 7.37. The number of carbonyl (C=O) groups is 1. The fourth-order valence-electron chi connectivity index (χ4n) is 2.41. The highest BCUT2D eigenvalue weighted by Gasteiger charge is 2.19. The van der Waals surface area contributed by atoms with Crippen molar-refractivity contribution in [2.45, 2.75) is 20.4 Å². The molecule has 8 heteroatoms. The van der Waals surface area contributed by atoms with E-state index in [0.717, 1.165) is 4.88 Å². The van der Waals surface area contributed by atoms with Crippen molar-refractivity contribution in [2.24, 2.45) is 7.05 Å². The van der Waals surface area contributed by atoms with Crippen molar-refractivity contribution in [3.05, 3.63) is 61.8 Å². The summed E-state index contributed by atoms with van der Waals surface area (Å²) in [5.74, 6) is 0.0934. The maximum absolute atomic E-state index is 12.6. The van der Waals surface area contributed by atoms with Crippen molar-refractivity contribution in [2.75, 3.05) is 5.32 Å². The van der Waals surface area contributed by atoms with Gasteiger partial charge in [-0.15, -0.1) is 11.3 Å². The van der Waals surface area contributed by atoms with Crippen LogP contribution in [-0.2, 0) is 13.6 Å². The molecule has 1 N–H and O–H groups in total. The number of amides is 1. The van der Waals surface area contributed by atoms with E-state index < -0.39 is 11.5 Å². The number of nitrogens with zero attached hydrogens (tertiary/aromatic N) is 4. The average Bonchev–Trinajstić information content (AvgIpc) is 3.19. The number of thiophene rings is 1. The fraction of sp³-hybridized carbons (Fsp3) is 0.250. The summed E-state index contributed by atoms with van der Waals surface area (Å²) in [6.45, 7) is 4.06. The molecule has 0 atom stereocenters. The van der Waals surface area contributed by atoms with Crippen molar-refractivity contribution >= 4 is 23.1 Å². The van der Waals surface area contributed by atoms with E-state index in [1.54, 1.807) is 42.1 Å². The lowest BCUT2D eigenvalue weighted by Gasteiger charge is -2.11. The highest BCUT2D eigenvalue weighted by atomic mass is 32.1. The van der Waals surface area contributed by atoms with E-state index in [1.807, 2.05) is 17.5 Å². The lowest BCUT2D eigenvalue weighted by molar-refractivity contribution is 0.102. The molecule has 1 amide bonds. The minimum absolute atomic E-state index is 0.105. The third-order valence-corrected chi connectivity index (χ3v) is 4.66. The molecule has 3 aromatic rings. The van der Waals surface area contributed by atoms with Crippen LogP contribution in [0, 0.1) is 13.8 Å². The normalized spacial score (nSPS) is 10.8. The molecular weight excluding hydrogens is 326 g/mol. The zero-order valence-electron chi connectivity index (χ0n) is 13.6. The van der Waals surface area contributed by atoms with Gasteiger partial charge in [-0.05, 0) is 30.9 Å². The Morgan fingerprint density at radius 1 is 1.33 bits per heavy atom. The summed E-state index contributed by atoms with van der Waals surface area (Å²) in [4.78, 5) is 26.0. The second kappa shape index (κ2) is 6.40. The molecule has 3 heterocycles. The van der Waals surface area contributed by atoms with Crippen LogP contribution in [-0.4, -0.2) is 25.5 Å². The van der Waals surface area contributed by atoms with Gasteiger partial charge >= 0.3 is 0 Å². The fourth-order valence-corrected chi connectivity index (χ4v) is 3.10. The Hall–Kier alpha value is -2.74. The number of hydrogen-bond donors (Lipinski definition) is 1. The van der Waals surface area contributed by atoms with Gasteiger partial charge < -0.3 is 5.32 Å². The van der Waals surface area contributed by atoms with Gasteiger partial charge in [0.2, 0.25) is 0 Å². The van der Waals surface area contributed by atoms with E-state index in [9.17, 15) is 9.59 Å². The quantitative estimate of drug-likeness (QED) is 0.785. The van der Waals surface area contributed by atoms with E-state index in [4.69, 9.17) is 0 Å². The molecule has 0 saturated carbocycles. The number of hydrogen-bond acceptors (Lipinski definition) is 5. The van der Waals surface area contributed by atoms with Crippen LogP contribution in [0.25, 0.3) is 0 Å². The van der Waals surface area contributed by atoms with Crippen molar-refractivity contribution in [1.82, 2.24) is 19.6 Å². The Bertz CT molecular complexity index is 940. The van der Waals surface area contributed by atoms with Gasteiger partial charge in [-0.2, -0.15) is 10.2 Å². The molecule has 124 valence electrons. The molecule has 0 aliphatic heterocycles. The Kier molecular flexibility index (Phi) is 4.30. The summed E-state index contributed by atoms with van der Waals surface area (Å²) in [6, 6.07) is 5.68. The van der Waals surface area contributed by atoms with E-state index in [0.29, 0.717) is 23.6 Å². The van der Waals surface area contributed by atoms with Crippen LogP contribution in [0.15, 0.2) is 34.6 Å². The standard InChI is InChI=1S/C16H17N5O2S/c1-10-11(2)19-20(3)16(23)14(10)15(22)18-13-6-7-17-21(13)9-12-5-4-8-24-12/h4-8H,9H2,1-3H3,(H,18,22). The van der Waals surface area contributed by atoms with Gasteiger partial charge in [0, 0.05) is 18.0 Å². The van der Waals surface area contributed by atoms with Crippen LogP contribution in [0.3, 0.4) is 0 Å². The van der Waals surface area contributed by atoms with Crippen LogP contribution in [0.1, 0.15) is 26.5 Å². The summed E-state index contributed by atoms with van der Waals surface area (Å²) in [5.41, 5.74) is 0.920. The topological polar surface area (TPSA) is 81.8 Å². The maximum Gasteiger partial charge on any atom is 0.279 e. The second-order valence-electron chi connectivity index (χ2n) is 5.42. The number of nitrogens with one attached hydrogen (secondary N) is 1.